The summed E-state index contributed by atoms with van der Waals surface area (Å²) in [6.45, 7) is 5.67. The number of halogens is 1. The highest BCUT2D eigenvalue weighted by molar-refractivity contribution is 5.97. The Balaban J connectivity index is 0.00000192. The van der Waals surface area contributed by atoms with Crippen LogP contribution in [0.5, 0.6) is 0 Å². The first kappa shape index (κ1) is 18.2. The molecule has 3 atom stereocenters. The number of carbonyl (C=O) groups excluding carboxylic acids is 1. The molecule has 0 saturated carbocycles. The van der Waals surface area contributed by atoms with Crippen molar-refractivity contribution in [3.63, 3.8) is 0 Å². The van der Waals surface area contributed by atoms with Crippen LogP contribution in [0.25, 0.3) is 0 Å². The lowest BCUT2D eigenvalue weighted by molar-refractivity contribution is -0.121. The third-order valence-corrected chi connectivity index (χ3v) is 5.09. The SMILES string of the molecule is CC(N)C1CCCCN1CC(=O)N1c2ccccc2CC1C.Cl. The number of nitrogens with zero attached hydrogens (tertiary/aromatic N) is 2. The van der Waals surface area contributed by atoms with Gasteiger partial charge in [0.25, 0.3) is 0 Å². The molecule has 0 spiro atoms. The zero-order valence-corrected chi connectivity index (χ0v) is 14.9. The fourth-order valence-corrected chi connectivity index (χ4v) is 4.00. The van der Waals surface area contributed by atoms with Crippen LogP contribution in [-0.4, -0.2) is 42.0 Å². The highest BCUT2D eigenvalue weighted by Gasteiger charge is 2.33. The summed E-state index contributed by atoms with van der Waals surface area (Å²) >= 11 is 0. The van der Waals surface area contributed by atoms with Crippen LogP contribution in [0.2, 0.25) is 0 Å². The van der Waals surface area contributed by atoms with Crippen molar-refractivity contribution < 1.29 is 4.79 Å². The number of rotatable bonds is 3. The van der Waals surface area contributed by atoms with Gasteiger partial charge in [0.15, 0.2) is 0 Å². The van der Waals surface area contributed by atoms with Gasteiger partial charge in [-0.25, -0.2) is 0 Å². The van der Waals surface area contributed by atoms with Gasteiger partial charge in [-0.05, 0) is 51.3 Å². The van der Waals surface area contributed by atoms with Crippen molar-refractivity contribution in [3.8, 4) is 0 Å². The Morgan fingerprint density at radius 1 is 1.35 bits per heavy atom. The number of nitrogens with two attached hydrogens (primary N) is 1. The second-order valence-electron chi connectivity index (χ2n) is 6.84. The molecule has 0 aromatic heterocycles. The molecular weight excluding hydrogens is 310 g/mol. The molecule has 0 radical (unpaired) electrons. The van der Waals surface area contributed by atoms with E-state index in [0.29, 0.717) is 12.6 Å². The largest absolute Gasteiger partial charge is 0.327 e. The van der Waals surface area contributed by atoms with Gasteiger partial charge in [0.2, 0.25) is 5.91 Å². The van der Waals surface area contributed by atoms with Crippen molar-refractivity contribution in [3.05, 3.63) is 29.8 Å². The zero-order chi connectivity index (χ0) is 15.7. The fraction of sp³-hybridized carbons (Fsp3) is 0.611. The van der Waals surface area contributed by atoms with Gasteiger partial charge in [-0.3, -0.25) is 9.69 Å². The molecule has 4 nitrogen and oxygen atoms in total. The van der Waals surface area contributed by atoms with Crippen LogP contribution in [-0.2, 0) is 11.2 Å². The highest BCUT2D eigenvalue weighted by Crippen LogP contribution is 2.32. The maximum atomic E-state index is 12.9. The molecule has 0 bridgehead atoms. The quantitative estimate of drug-likeness (QED) is 0.922. The van der Waals surface area contributed by atoms with Gasteiger partial charge in [0.1, 0.15) is 0 Å². The number of benzene rings is 1. The van der Waals surface area contributed by atoms with Crippen molar-refractivity contribution in [2.75, 3.05) is 18.0 Å². The summed E-state index contributed by atoms with van der Waals surface area (Å²) in [5.74, 6) is 0.213. The summed E-state index contributed by atoms with van der Waals surface area (Å²) in [4.78, 5) is 17.2. The van der Waals surface area contributed by atoms with Crippen molar-refractivity contribution in [2.24, 2.45) is 5.73 Å². The fourth-order valence-electron chi connectivity index (χ4n) is 4.00. The van der Waals surface area contributed by atoms with Gasteiger partial charge >= 0.3 is 0 Å². The Morgan fingerprint density at radius 3 is 2.83 bits per heavy atom. The van der Waals surface area contributed by atoms with Crippen LogP contribution in [0.3, 0.4) is 0 Å². The number of piperidine rings is 1. The van der Waals surface area contributed by atoms with E-state index in [2.05, 4.69) is 36.9 Å². The number of hydrogen-bond donors (Lipinski definition) is 1. The molecule has 1 aromatic rings. The van der Waals surface area contributed by atoms with Crippen LogP contribution >= 0.6 is 12.4 Å². The van der Waals surface area contributed by atoms with E-state index < -0.39 is 0 Å². The molecular formula is C18H28ClN3O. The number of fused-ring (bicyclic) bond motifs is 1. The maximum absolute atomic E-state index is 12.9. The topological polar surface area (TPSA) is 49.6 Å². The number of carbonyl (C=O) groups is 1. The van der Waals surface area contributed by atoms with E-state index in [9.17, 15) is 4.79 Å². The highest BCUT2D eigenvalue weighted by atomic mass is 35.5. The van der Waals surface area contributed by atoms with Crippen LogP contribution in [0.15, 0.2) is 24.3 Å². The third-order valence-electron chi connectivity index (χ3n) is 5.09. The normalized spacial score (nSPS) is 25.6. The molecule has 2 aliphatic rings. The summed E-state index contributed by atoms with van der Waals surface area (Å²) in [7, 11) is 0. The van der Waals surface area contributed by atoms with Crippen LogP contribution < -0.4 is 10.6 Å². The van der Waals surface area contributed by atoms with Gasteiger partial charge in [-0.2, -0.15) is 0 Å². The standard InChI is InChI=1S/C18H27N3O.ClH/c1-13-11-15-7-3-4-9-17(15)21(13)18(22)12-20-10-6-5-8-16(20)14(2)19;/h3-4,7,9,13-14,16H,5-6,8,10-12,19H2,1-2H3;1H. The number of para-hydroxylation sites is 1. The molecule has 1 amide bonds. The molecule has 3 rings (SSSR count). The first-order valence-corrected chi connectivity index (χ1v) is 8.47. The lowest BCUT2D eigenvalue weighted by atomic mass is 9.97. The third kappa shape index (κ3) is 3.70. The first-order chi connectivity index (χ1) is 10.6. The molecule has 5 heteroatoms. The van der Waals surface area contributed by atoms with Gasteiger partial charge < -0.3 is 10.6 Å². The van der Waals surface area contributed by atoms with Crippen LogP contribution in [0, 0.1) is 0 Å². The number of anilines is 1. The van der Waals surface area contributed by atoms with E-state index in [-0.39, 0.29) is 30.4 Å². The van der Waals surface area contributed by atoms with E-state index in [1.807, 2.05) is 11.0 Å². The van der Waals surface area contributed by atoms with Gasteiger partial charge in [0.05, 0.1) is 6.54 Å². The Labute approximate surface area is 145 Å². The number of likely N-dealkylation sites (tertiary alicyclic amines) is 1. The van der Waals surface area contributed by atoms with E-state index in [0.717, 1.165) is 25.1 Å². The summed E-state index contributed by atoms with van der Waals surface area (Å²) < 4.78 is 0. The molecule has 1 fully saturated rings. The average molecular weight is 338 g/mol. The van der Waals surface area contributed by atoms with Gasteiger partial charge in [-0.15, -0.1) is 12.4 Å². The summed E-state index contributed by atoms with van der Waals surface area (Å²) in [5.41, 5.74) is 8.50. The number of amides is 1. The Kier molecular flexibility index (Phi) is 6.06. The lowest BCUT2D eigenvalue weighted by Gasteiger charge is -2.38. The second kappa shape index (κ2) is 7.65. The monoisotopic (exact) mass is 337 g/mol. The predicted octanol–water partition coefficient (Wildman–Crippen LogP) is 2.59. The molecule has 2 aliphatic heterocycles. The van der Waals surface area contributed by atoms with Gasteiger partial charge in [-0.1, -0.05) is 24.6 Å². The van der Waals surface area contributed by atoms with Crippen LogP contribution in [0.1, 0.15) is 38.7 Å². The van der Waals surface area contributed by atoms with E-state index in [4.69, 9.17) is 5.73 Å². The first-order valence-electron chi connectivity index (χ1n) is 8.47. The zero-order valence-electron chi connectivity index (χ0n) is 14.1. The average Bonchev–Trinajstić information content (AvgIpc) is 2.83. The Morgan fingerprint density at radius 2 is 2.09 bits per heavy atom. The summed E-state index contributed by atoms with van der Waals surface area (Å²) in [6.07, 6.45) is 4.46. The van der Waals surface area contributed by atoms with E-state index >= 15 is 0 Å². The van der Waals surface area contributed by atoms with Crippen molar-refractivity contribution >= 4 is 24.0 Å². The molecule has 1 aromatic carbocycles. The lowest BCUT2D eigenvalue weighted by Crippen LogP contribution is -2.53. The number of hydrogen-bond acceptors (Lipinski definition) is 3. The predicted molar refractivity (Wildman–Crippen MR) is 97.2 cm³/mol. The molecule has 128 valence electrons. The molecule has 2 N–H and O–H groups in total. The van der Waals surface area contributed by atoms with Crippen LogP contribution in [0.4, 0.5) is 5.69 Å². The smallest absolute Gasteiger partial charge is 0.241 e. The maximum Gasteiger partial charge on any atom is 0.241 e. The molecule has 1 saturated heterocycles. The minimum atomic E-state index is 0. The Hall–Kier alpha value is -1.10. The van der Waals surface area contributed by atoms with E-state index in [1.165, 1.54) is 18.4 Å². The minimum Gasteiger partial charge on any atom is -0.327 e. The van der Waals surface area contributed by atoms with Crippen molar-refractivity contribution in [1.29, 1.82) is 0 Å². The minimum absolute atomic E-state index is 0. The molecule has 0 aliphatic carbocycles. The van der Waals surface area contributed by atoms with Crippen molar-refractivity contribution in [2.45, 2.75) is 57.7 Å². The molecule has 2 heterocycles. The Bertz CT molecular complexity index is 549. The molecule has 23 heavy (non-hydrogen) atoms. The summed E-state index contributed by atoms with van der Waals surface area (Å²) in [5, 5.41) is 0. The summed E-state index contributed by atoms with van der Waals surface area (Å²) in [6, 6.07) is 8.98. The molecule has 3 unspecified atom stereocenters. The second-order valence-corrected chi connectivity index (χ2v) is 6.84. The van der Waals surface area contributed by atoms with E-state index in [1.54, 1.807) is 0 Å². The van der Waals surface area contributed by atoms with Crippen molar-refractivity contribution in [1.82, 2.24) is 4.90 Å². The van der Waals surface area contributed by atoms with Gasteiger partial charge in [0, 0.05) is 23.8 Å².